The van der Waals surface area contributed by atoms with E-state index in [1.165, 1.54) is 11.3 Å². The molecule has 1 aromatic carbocycles. The first-order valence-corrected chi connectivity index (χ1v) is 8.74. The molecular weight excluding hydrogens is 316 g/mol. The van der Waals surface area contributed by atoms with Gasteiger partial charge in [0.25, 0.3) is 0 Å². The summed E-state index contributed by atoms with van der Waals surface area (Å²) in [4.78, 5) is 4.38. The quantitative estimate of drug-likeness (QED) is 0.511. The van der Waals surface area contributed by atoms with Gasteiger partial charge in [-0.25, -0.2) is 10.2 Å². The number of hydrogen-bond donors (Lipinski definition) is 2. The van der Waals surface area contributed by atoms with Crippen molar-refractivity contribution in [2.45, 2.75) is 0 Å². The molecule has 1 unspecified atom stereocenters. The summed E-state index contributed by atoms with van der Waals surface area (Å²) in [6.45, 7) is 0. The monoisotopic (exact) mass is 328 g/mol. The topological polar surface area (TPSA) is 85.9 Å². The summed E-state index contributed by atoms with van der Waals surface area (Å²) in [5.74, 6) is 0. The zero-order chi connectivity index (χ0) is 14.5. The highest BCUT2D eigenvalue weighted by Gasteiger charge is 2.08. The van der Waals surface area contributed by atoms with Crippen molar-refractivity contribution in [2.24, 2.45) is 4.99 Å². The number of aromatic nitrogens is 2. The number of benzene rings is 1. The average Bonchev–Trinajstić information content (AvgIpc) is 2.93. The number of quaternary nitrogens is 1. The molecule has 0 fully saturated rings. The minimum Gasteiger partial charge on any atom is -0.595 e. The minimum atomic E-state index is -0.941. The molecule has 1 aromatic heterocycles. The van der Waals surface area contributed by atoms with E-state index in [2.05, 4.69) is 15.2 Å². The van der Waals surface area contributed by atoms with Crippen molar-refractivity contribution in [3.8, 4) is 10.6 Å². The molecule has 0 saturated carbocycles. The largest absolute Gasteiger partial charge is 0.595 e. The normalized spacial score (nSPS) is 12.2. The van der Waals surface area contributed by atoms with Crippen LogP contribution in [0.1, 0.15) is 0 Å². The standard InChI is InChI=1S/C11H12N4O2S3/c1-18-11(19-2)12-10-14-13-9(20-10)7-3-5-8(6-4-7)15(16)17/h3-6,15-16H,1-2H3. The molecule has 106 valence electrons. The van der Waals surface area contributed by atoms with Gasteiger partial charge in [0.2, 0.25) is 5.13 Å². The summed E-state index contributed by atoms with van der Waals surface area (Å²) < 4.78 is 0.925. The highest BCUT2D eigenvalue weighted by Crippen LogP contribution is 2.30. The number of aliphatic imine (C=N–C) groups is 1. The van der Waals surface area contributed by atoms with E-state index in [-0.39, 0.29) is 5.69 Å². The molecular formula is C11H12N4O2S3. The fraction of sp³-hybridized carbons (Fsp3) is 0.182. The van der Waals surface area contributed by atoms with Gasteiger partial charge in [0.1, 0.15) is 9.38 Å². The molecule has 0 aliphatic carbocycles. The second-order valence-corrected chi connectivity index (χ2v) is 6.36. The zero-order valence-corrected chi connectivity index (χ0v) is 13.2. The number of rotatable bonds is 3. The van der Waals surface area contributed by atoms with E-state index in [0.29, 0.717) is 5.13 Å². The maximum absolute atomic E-state index is 10.8. The van der Waals surface area contributed by atoms with Crippen LogP contribution in [0.15, 0.2) is 29.3 Å². The second-order valence-electron chi connectivity index (χ2n) is 3.56. The average molecular weight is 328 g/mol. The van der Waals surface area contributed by atoms with Gasteiger partial charge in [-0.15, -0.1) is 33.7 Å². The Hall–Kier alpha value is -0.970. The van der Waals surface area contributed by atoms with Crippen LogP contribution >= 0.6 is 34.9 Å². The van der Waals surface area contributed by atoms with Crippen molar-refractivity contribution in [3.63, 3.8) is 0 Å². The van der Waals surface area contributed by atoms with Gasteiger partial charge in [0.15, 0.2) is 5.69 Å². The molecule has 2 rings (SSSR count). The maximum atomic E-state index is 10.8. The molecule has 0 saturated heterocycles. The van der Waals surface area contributed by atoms with Gasteiger partial charge >= 0.3 is 0 Å². The SMILES string of the molecule is CSC(=Nc1nnc(-c2ccc([NH+]([O-])O)cc2)s1)SC. The van der Waals surface area contributed by atoms with E-state index in [1.807, 2.05) is 12.5 Å². The number of nitrogens with one attached hydrogen (secondary N) is 1. The lowest BCUT2D eigenvalue weighted by atomic mass is 10.2. The van der Waals surface area contributed by atoms with Crippen LogP contribution in [0.4, 0.5) is 10.8 Å². The molecule has 2 N–H and O–H groups in total. The fourth-order valence-corrected chi connectivity index (χ4v) is 3.25. The predicted octanol–water partition coefficient (Wildman–Crippen LogP) is 2.32. The molecule has 9 heteroatoms. The molecule has 0 radical (unpaired) electrons. The van der Waals surface area contributed by atoms with Gasteiger partial charge in [-0.05, 0) is 24.6 Å². The van der Waals surface area contributed by atoms with Crippen LogP contribution in [-0.4, -0.2) is 32.3 Å². The number of hydrogen-bond acceptors (Lipinski definition) is 8. The summed E-state index contributed by atoms with van der Waals surface area (Å²) >= 11 is 4.50. The molecule has 20 heavy (non-hydrogen) atoms. The Kier molecular flexibility index (Phi) is 5.52. The van der Waals surface area contributed by atoms with Crippen LogP contribution in [0.5, 0.6) is 0 Å². The molecule has 6 nitrogen and oxygen atoms in total. The van der Waals surface area contributed by atoms with Gasteiger partial charge in [0, 0.05) is 17.7 Å². The van der Waals surface area contributed by atoms with Gasteiger partial charge in [-0.2, -0.15) is 5.23 Å². The summed E-state index contributed by atoms with van der Waals surface area (Å²) in [5, 5.41) is 28.1. The first kappa shape index (κ1) is 15.4. The van der Waals surface area contributed by atoms with Crippen molar-refractivity contribution >= 4 is 50.1 Å². The Balaban J connectivity index is 2.22. The first-order valence-electron chi connectivity index (χ1n) is 5.48. The summed E-state index contributed by atoms with van der Waals surface area (Å²) in [5.41, 5.74) is 1.09. The number of thioether (sulfide) groups is 2. The van der Waals surface area contributed by atoms with Crippen molar-refractivity contribution in [1.29, 1.82) is 0 Å². The van der Waals surface area contributed by atoms with Gasteiger partial charge in [0.05, 0.1) is 0 Å². The Morgan fingerprint density at radius 3 is 2.45 bits per heavy atom. The number of nitrogens with zero attached hydrogens (tertiary/aromatic N) is 3. The highest BCUT2D eigenvalue weighted by molar-refractivity contribution is 8.38. The maximum Gasteiger partial charge on any atom is 0.233 e. The second kappa shape index (κ2) is 7.16. The van der Waals surface area contributed by atoms with E-state index in [4.69, 9.17) is 5.21 Å². The first-order chi connectivity index (χ1) is 9.63. The van der Waals surface area contributed by atoms with E-state index >= 15 is 0 Å². The van der Waals surface area contributed by atoms with Crippen LogP contribution in [0.2, 0.25) is 0 Å². The Morgan fingerprint density at radius 2 is 1.90 bits per heavy atom. The van der Waals surface area contributed by atoms with Gasteiger partial charge in [-0.3, -0.25) is 0 Å². The van der Waals surface area contributed by atoms with Crippen molar-refractivity contribution < 1.29 is 10.4 Å². The van der Waals surface area contributed by atoms with Crippen LogP contribution in [0.25, 0.3) is 10.6 Å². The van der Waals surface area contributed by atoms with E-state index in [0.717, 1.165) is 14.9 Å². The Bertz CT molecular complexity index is 592. The fourth-order valence-electron chi connectivity index (χ4n) is 1.39. The zero-order valence-electron chi connectivity index (χ0n) is 10.7. The van der Waals surface area contributed by atoms with Crippen LogP contribution < -0.4 is 5.23 Å². The molecule has 0 spiro atoms. The third-order valence-corrected chi connectivity index (χ3v) is 5.08. The van der Waals surface area contributed by atoms with E-state index in [9.17, 15) is 5.21 Å². The van der Waals surface area contributed by atoms with E-state index < -0.39 is 5.23 Å². The molecule has 0 aliphatic rings. The van der Waals surface area contributed by atoms with Crippen molar-refractivity contribution in [3.05, 3.63) is 29.5 Å². The summed E-state index contributed by atoms with van der Waals surface area (Å²) in [6, 6.07) is 6.55. The third-order valence-electron chi connectivity index (χ3n) is 2.33. The van der Waals surface area contributed by atoms with Crippen LogP contribution in [0, 0.1) is 5.21 Å². The molecule has 1 atom stereocenters. The lowest BCUT2D eigenvalue weighted by molar-refractivity contribution is -0.991. The molecule has 2 aromatic rings. The molecule has 0 aliphatic heterocycles. The highest BCUT2D eigenvalue weighted by atomic mass is 32.2. The molecule has 1 heterocycles. The third kappa shape index (κ3) is 3.78. The van der Waals surface area contributed by atoms with Crippen molar-refractivity contribution in [1.82, 2.24) is 10.2 Å². The Labute approximate surface area is 128 Å². The van der Waals surface area contributed by atoms with Gasteiger partial charge < -0.3 is 5.21 Å². The molecule has 0 bridgehead atoms. The summed E-state index contributed by atoms with van der Waals surface area (Å²) in [6.07, 6.45) is 3.92. The van der Waals surface area contributed by atoms with Crippen molar-refractivity contribution in [2.75, 3.05) is 12.5 Å². The van der Waals surface area contributed by atoms with Crippen LogP contribution in [-0.2, 0) is 0 Å². The Morgan fingerprint density at radius 1 is 1.25 bits per heavy atom. The molecule has 0 amide bonds. The lowest BCUT2D eigenvalue weighted by Gasteiger charge is -2.10. The lowest BCUT2D eigenvalue weighted by Crippen LogP contribution is -2.99. The van der Waals surface area contributed by atoms with Crippen LogP contribution in [0.3, 0.4) is 0 Å². The minimum absolute atomic E-state index is 0.253. The summed E-state index contributed by atoms with van der Waals surface area (Å²) in [7, 11) is 0. The predicted molar refractivity (Wildman–Crippen MR) is 85.2 cm³/mol. The van der Waals surface area contributed by atoms with Gasteiger partial charge in [-0.1, -0.05) is 11.3 Å². The smallest absolute Gasteiger partial charge is 0.233 e. The van der Waals surface area contributed by atoms with E-state index in [1.54, 1.807) is 47.8 Å².